The zero-order valence-corrected chi connectivity index (χ0v) is 41.2. The maximum absolute atomic E-state index is 14.1. The van der Waals surface area contributed by atoms with Crippen molar-refractivity contribution in [3.8, 4) is 5.75 Å². The molecular weight excluding hydrogens is 969 g/mol. The molecule has 8 aromatic rings. The van der Waals surface area contributed by atoms with Crippen LogP contribution in [0, 0.1) is 13.8 Å². The Morgan fingerprint density at radius 1 is 0.797 bits per heavy atom. The van der Waals surface area contributed by atoms with E-state index in [0.29, 0.717) is 66.8 Å². The lowest BCUT2D eigenvalue weighted by molar-refractivity contribution is -0.645. The Morgan fingerprint density at radius 2 is 1.43 bits per heavy atom. The molecule has 20 nitrogen and oxygen atoms in total. The molecule has 8 rings (SSSR count). The monoisotopic (exact) mass is 1020 g/mol. The van der Waals surface area contributed by atoms with E-state index < -0.39 is 45.3 Å². The highest BCUT2D eigenvalue weighted by molar-refractivity contribution is 7.85. The number of pyridine rings is 1. The number of aromatic amines is 1. The Bertz CT molecular complexity index is 3500. The van der Waals surface area contributed by atoms with Crippen molar-refractivity contribution >= 4 is 78.4 Å². The largest absolute Gasteiger partial charge is 0.422 e. The van der Waals surface area contributed by atoms with Crippen molar-refractivity contribution in [3.05, 3.63) is 171 Å². The molecule has 0 aliphatic heterocycles. The number of anilines is 2. The molecule has 0 fully saturated rings. The van der Waals surface area contributed by atoms with E-state index in [0.717, 1.165) is 5.56 Å². The van der Waals surface area contributed by atoms with Crippen LogP contribution in [0.3, 0.4) is 0 Å². The summed E-state index contributed by atoms with van der Waals surface area (Å²) in [7, 11) is -4.16. The van der Waals surface area contributed by atoms with Gasteiger partial charge in [0.2, 0.25) is 22.9 Å². The van der Waals surface area contributed by atoms with Crippen LogP contribution in [0.1, 0.15) is 59.9 Å². The maximum atomic E-state index is 14.1. The SMILES string of the molecule is Cc1cc(C(=O)NCCOCCNC(=O)C(Cc2ccccc2)NC(=O)c2ccc(NCc3cnc4nc(N)[nH]c(=O)c4n3)cc2)cc(C)c1OC(=O)c1c2ccccc2[n+](CCCS(=O)(=O)O)c2ccccc12. The predicted molar refractivity (Wildman–Crippen MR) is 277 cm³/mol. The fraction of sp³-hybridized carbons (Fsp3) is 0.226. The maximum Gasteiger partial charge on any atom is 0.345 e. The number of aromatic nitrogens is 5. The number of nitrogens with zero attached hydrogens (tertiary/aromatic N) is 4. The summed E-state index contributed by atoms with van der Waals surface area (Å²) >= 11 is 0. The zero-order chi connectivity index (χ0) is 52.4. The molecule has 1 atom stereocenters. The molecule has 0 radical (unpaired) electrons. The van der Waals surface area contributed by atoms with Crippen LogP contribution in [0.15, 0.2) is 126 Å². The molecule has 0 saturated carbocycles. The second-order valence-electron chi connectivity index (χ2n) is 17.3. The zero-order valence-electron chi connectivity index (χ0n) is 40.4. The minimum Gasteiger partial charge on any atom is -0.422 e. The van der Waals surface area contributed by atoms with Gasteiger partial charge in [-0.15, -0.1) is 0 Å². The van der Waals surface area contributed by atoms with Crippen molar-refractivity contribution in [2.45, 2.75) is 45.8 Å². The number of hydrogen-bond acceptors (Lipinski definition) is 14. The number of aryl methyl sites for hydroxylation is 3. The van der Waals surface area contributed by atoms with Crippen LogP contribution in [-0.2, 0) is 39.2 Å². The highest BCUT2D eigenvalue weighted by atomic mass is 32.2. The molecule has 0 spiro atoms. The van der Waals surface area contributed by atoms with Gasteiger partial charge >= 0.3 is 5.97 Å². The number of H-pyrrole nitrogens is 1. The fourth-order valence-corrected chi connectivity index (χ4v) is 8.96. The highest BCUT2D eigenvalue weighted by Crippen LogP contribution is 2.30. The van der Waals surface area contributed by atoms with Crippen LogP contribution in [0.5, 0.6) is 5.75 Å². The number of para-hydroxylation sites is 2. The van der Waals surface area contributed by atoms with Crippen molar-refractivity contribution in [3.63, 3.8) is 0 Å². The van der Waals surface area contributed by atoms with Crippen LogP contribution in [0.2, 0.25) is 0 Å². The molecule has 0 aliphatic rings. The van der Waals surface area contributed by atoms with Gasteiger partial charge in [0.05, 0.1) is 53.7 Å². The van der Waals surface area contributed by atoms with E-state index in [9.17, 15) is 36.9 Å². The third-order valence-corrected chi connectivity index (χ3v) is 12.7. The number of carbonyl (C=O) groups is 4. The Balaban J connectivity index is 0.813. The average molecular weight is 1020 g/mol. The number of ether oxygens (including phenoxy) is 2. The quantitative estimate of drug-likeness (QED) is 0.0130. The van der Waals surface area contributed by atoms with Crippen LogP contribution >= 0.6 is 0 Å². The molecule has 1 unspecified atom stereocenters. The number of rotatable bonds is 21. The second kappa shape index (κ2) is 23.3. The predicted octanol–water partition coefficient (Wildman–Crippen LogP) is 4.52. The number of benzene rings is 5. The molecule has 3 heterocycles. The summed E-state index contributed by atoms with van der Waals surface area (Å²) in [5, 5.41) is 12.9. The van der Waals surface area contributed by atoms with Crippen LogP contribution in [0.4, 0.5) is 11.6 Å². The minimum atomic E-state index is -4.16. The lowest BCUT2D eigenvalue weighted by Crippen LogP contribution is -2.48. The second-order valence-corrected chi connectivity index (χ2v) is 18.9. The summed E-state index contributed by atoms with van der Waals surface area (Å²) in [6.07, 6.45) is 1.88. The van der Waals surface area contributed by atoms with E-state index in [1.165, 1.54) is 6.20 Å². The molecule has 0 aliphatic carbocycles. The first-order valence-corrected chi connectivity index (χ1v) is 25.2. The number of esters is 1. The van der Waals surface area contributed by atoms with E-state index >= 15 is 0 Å². The Kier molecular flexibility index (Phi) is 16.2. The van der Waals surface area contributed by atoms with E-state index in [-0.39, 0.29) is 75.3 Å². The van der Waals surface area contributed by atoms with Crippen LogP contribution in [-0.4, -0.2) is 94.7 Å². The average Bonchev–Trinajstić information content (AvgIpc) is 3.38. The molecule has 5 aromatic carbocycles. The lowest BCUT2D eigenvalue weighted by atomic mass is 10.0. The molecule has 0 saturated heterocycles. The summed E-state index contributed by atoms with van der Waals surface area (Å²) in [5.74, 6) is -1.99. The first-order valence-electron chi connectivity index (χ1n) is 23.6. The van der Waals surface area contributed by atoms with Crippen molar-refractivity contribution in [1.82, 2.24) is 35.9 Å². The van der Waals surface area contributed by atoms with Crippen molar-refractivity contribution in [2.24, 2.45) is 0 Å². The van der Waals surface area contributed by atoms with Crippen LogP contribution in [0.25, 0.3) is 33.0 Å². The minimum absolute atomic E-state index is 0.0530. The van der Waals surface area contributed by atoms with Crippen molar-refractivity contribution in [1.29, 1.82) is 0 Å². The van der Waals surface area contributed by atoms with E-state index in [4.69, 9.17) is 15.2 Å². The molecule has 3 amide bonds. The Hall–Kier alpha value is -8.66. The summed E-state index contributed by atoms with van der Waals surface area (Å²) in [4.78, 5) is 81.4. The van der Waals surface area contributed by atoms with Gasteiger partial charge in [-0.2, -0.15) is 18.0 Å². The normalized spacial score (nSPS) is 11.8. The molecule has 8 N–H and O–H groups in total. The highest BCUT2D eigenvalue weighted by Gasteiger charge is 2.27. The number of nitrogens with one attached hydrogen (secondary N) is 5. The first-order chi connectivity index (χ1) is 35.6. The van der Waals surface area contributed by atoms with Crippen molar-refractivity contribution < 1.29 is 46.2 Å². The number of fused-ring (bicyclic) bond motifs is 3. The summed E-state index contributed by atoms with van der Waals surface area (Å²) in [5.41, 5.74) is 10.8. The van der Waals surface area contributed by atoms with Gasteiger partial charge in [0, 0.05) is 54.9 Å². The fourth-order valence-electron chi connectivity index (χ4n) is 8.47. The van der Waals surface area contributed by atoms with Crippen LogP contribution < -0.4 is 41.9 Å². The molecule has 74 heavy (non-hydrogen) atoms. The molecule has 21 heteroatoms. The topological polar surface area (TPSA) is 291 Å². The molecular formula is C53H53N10O10S+. The van der Waals surface area contributed by atoms with Gasteiger partial charge in [0.15, 0.2) is 17.7 Å². The van der Waals surface area contributed by atoms with Gasteiger partial charge in [-0.1, -0.05) is 54.6 Å². The smallest absolute Gasteiger partial charge is 0.345 e. The Labute approximate surface area is 424 Å². The third kappa shape index (κ3) is 12.9. The van der Waals surface area contributed by atoms with Gasteiger partial charge in [0.25, 0.3) is 27.5 Å². The van der Waals surface area contributed by atoms with Gasteiger partial charge in [-0.25, -0.2) is 14.8 Å². The number of hydrogen-bond donors (Lipinski definition) is 7. The summed E-state index contributed by atoms with van der Waals surface area (Å²) in [6.45, 7) is 4.58. The molecule has 0 bridgehead atoms. The number of nitrogen functional groups attached to an aromatic ring is 1. The molecule has 380 valence electrons. The van der Waals surface area contributed by atoms with E-state index in [1.54, 1.807) is 74.5 Å². The number of carbonyl (C=O) groups excluding carboxylic acids is 4. The van der Waals surface area contributed by atoms with Gasteiger partial charge in [-0.3, -0.25) is 28.7 Å². The van der Waals surface area contributed by atoms with Gasteiger partial charge in [-0.05, 0) is 79.1 Å². The van der Waals surface area contributed by atoms with E-state index in [2.05, 4.69) is 41.2 Å². The van der Waals surface area contributed by atoms with E-state index in [1.807, 2.05) is 59.2 Å². The molecule has 3 aromatic heterocycles. The van der Waals surface area contributed by atoms with Gasteiger partial charge in [0.1, 0.15) is 11.8 Å². The standard InChI is InChI=1S/C53H52N10O10S/c1-32-27-36(28-33(2)46(32)73-52(68)44-39-13-6-8-15-42(39)63(23-10-26-74(69,70)71)43-16-9-7-14-40(43)44)48(64)55-21-24-72-25-22-56-50(66)41(29-34-11-4-3-5-12-34)60-49(65)35-17-19-37(20-18-35)57-30-38-31-58-47-45(59-38)51(67)62-53(54)61-47/h3-9,11-20,27-28,31,41H,10,21-26,29-30H2,1-2H3,(H7-,54,55,56,57,58,60,61,62,64,65,66,67,69,70,71)/p+1. The number of amides is 3. The Morgan fingerprint density at radius 3 is 2.09 bits per heavy atom. The van der Waals surface area contributed by atoms with Gasteiger partial charge < -0.3 is 36.5 Å². The summed E-state index contributed by atoms with van der Waals surface area (Å²) in [6, 6.07) is 32.8. The lowest BCUT2D eigenvalue weighted by Gasteiger charge is -2.19. The number of nitrogens with two attached hydrogens (primary N) is 1. The summed E-state index contributed by atoms with van der Waals surface area (Å²) < 4.78 is 46.0. The van der Waals surface area contributed by atoms with Crippen molar-refractivity contribution in [2.75, 3.05) is 43.1 Å². The first kappa shape index (κ1) is 51.7. The third-order valence-electron chi connectivity index (χ3n) is 11.9.